The van der Waals surface area contributed by atoms with Crippen molar-refractivity contribution in [3.8, 4) is 0 Å². The Morgan fingerprint density at radius 3 is 2.50 bits per heavy atom. The average Bonchev–Trinajstić information content (AvgIpc) is 2.75. The molecular formula is C12H23NO. The molecule has 0 saturated heterocycles. The zero-order valence-corrected chi connectivity index (χ0v) is 9.32. The molecule has 2 aliphatic rings. The highest BCUT2D eigenvalue weighted by atomic mass is 16.3. The van der Waals surface area contributed by atoms with Gasteiger partial charge in [0.15, 0.2) is 0 Å². The molecule has 2 nitrogen and oxygen atoms in total. The number of aliphatic hydroxyl groups excluding tert-OH is 1. The second kappa shape index (κ2) is 3.82. The smallest absolute Gasteiger partial charge is 0.0611 e. The predicted molar refractivity (Wildman–Crippen MR) is 57.8 cm³/mol. The molecule has 3 N–H and O–H groups in total. The fourth-order valence-corrected chi connectivity index (χ4v) is 3.51. The van der Waals surface area contributed by atoms with Crippen molar-refractivity contribution in [1.82, 2.24) is 0 Å². The van der Waals surface area contributed by atoms with E-state index >= 15 is 0 Å². The third-order valence-corrected chi connectivity index (χ3v) is 4.67. The van der Waals surface area contributed by atoms with E-state index in [2.05, 4.69) is 13.8 Å². The van der Waals surface area contributed by atoms with Gasteiger partial charge >= 0.3 is 0 Å². The minimum absolute atomic E-state index is 0.162. The van der Waals surface area contributed by atoms with Crippen molar-refractivity contribution in [2.24, 2.45) is 29.4 Å². The molecule has 0 radical (unpaired) electrons. The van der Waals surface area contributed by atoms with Gasteiger partial charge in [-0.1, -0.05) is 20.3 Å². The van der Waals surface area contributed by atoms with Crippen LogP contribution in [0.4, 0.5) is 0 Å². The summed E-state index contributed by atoms with van der Waals surface area (Å²) in [7, 11) is 0. The fourth-order valence-electron chi connectivity index (χ4n) is 3.51. The van der Waals surface area contributed by atoms with Gasteiger partial charge in [0, 0.05) is 12.0 Å². The van der Waals surface area contributed by atoms with Crippen LogP contribution in [0.1, 0.15) is 39.5 Å². The SMILES string of the molecule is CCC(C)C(O)C1C2CCC(C2)C1N. The molecule has 2 aliphatic carbocycles. The maximum Gasteiger partial charge on any atom is 0.0611 e. The standard InChI is InChI=1S/C12H23NO/c1-3-7(2)12(14)10-8-4-5-9(6-8)11(10)13/h7-12,14H,3-6,13H2,1-2H3. The Labute approximate surface area is 86.9 Å². The Balaban J connectivity index is 2.04. The summed E-state index contributed by atoms with van der Waals surface area (Å²) in [6, 6.07) is 0.276. The summed E-state index contributed by atoms with van der Waals surface area (Å²) < 4.78 is 0. The number of hydrogen-bond acceptors (Lipinski definition) is 2. The van der Waals surface area contributed by atoms with Gasteiger partial charge in [-0.05, 0) is 37.0 Å². The monoisotopic (exact) mass is 197 g/mol. The van der Waals surface area contributed by atoms with Crippen molar-refractivity contribution >= 4 is 0 Å². The molecule has 0 spiro atoms. The van der Waals surface area contributed by atoms with Gasteiger partial charge in [-0.3, -0.25) is 0 Å². The highest BCUT2D eigenvalue weighted by Crippen LogP contribution is 2.49. The van der Waals surface area contributed by atoms with Crippen LogP contribution in [0.2, 0.25) is 0 Å². The molecule has 0 aromatic rings. The van der Waals surface area contributed by atoms with Crippen LogP contribution < -0.4 is 5.73 Å². The van der Waals surface area contributed by atoms with Gasteiger partial charge < -0.3 is 10.8 Å². The molecular weight excluding hydrogens is 174 g/mol. The summed E-state index contributed by atoms with van der Waals surface area (Å²) in [5.41, 5.74) is 6.20. The molecule has 6 unspecified atom stereocenters. The van der Waals surface area contributed by atoms with E-state index in [4.69, 9.17) is 5.73 Å². The molecule has 2 bridgehead atoms. The van der Waals surface area contributed by atoms with Crippen LogP contribution in [0.5, 0.6) is 0 Å². The minimum atomic E-state index is -0.162. The first-order valence-corrected chi connectivity index (χ1v) is 6.08. The highest BCUT2D eigenvalue weighted by molar-refractivity contribution is 5.02. The summed E-state index contributed by atoms with van der Waals surface area (Å²) in [5.74, 6) is 2.23. The van der Waals surface area contributed by atoms with E-state index < -0.39 is 0 Å². The molecule has 0 aromatic carbocycles. The van der Waals surface area contributed by atoms with Gasteiger partial charge in [0.25, 0.3) is 0 Å². The third-order valence-electron chi connectivity index (χ3n) is 4.67. The highest BCUT2D eigenvalue weighted by Gasteiger charge is 2.49. The van der Waals surface area contributed by atoms with Crippen molar-refractivity contribution in [2.45, 2.75) is 51.7 Å². The number of aliphatic hydroxyl groups is 1. The molecule has 0 aromatic heterocycles. The second-order valence-electron chi connectivity index (χ2n) is 5.36. The molecule has 82 valence electrons. The van der Waals surface area contributed by atoms with Crippen molar-refractivity contribution in [3.05, 3.63) is 0 Å². The normalized spacial score (nSPS) is 45.4. The van der Waals surface area contributed by atoms with Gasteiger partial charge in [-0.25, -0.2) is 0 Å². The van der Waals surface area contributed by atoms with Gasteiger partial charge in [-0.2, -0.15) is 0 Å². The second-order valence-corrected chi connectivity index (χ2v) is 5.36. The fraction of sp³-hybridized carbons (Fsp3) is 1.00. The Hall–Kier alpha value is -0.0800. The topological polar surface area (TPSA) is 46.2 Å². The zero-order chi connectivity index (χ0) is 10.3. The van der Waals surface area contributed by atoms with Crippen molar-refractivity contribution in [2.75, 3.05) is 0 Å². The lowest BCUT2D eigenvalue weighted by molar-refractivity contribution is 0.0212. The number of nitrogens with two attached hydrogens (primary N) is 1. The van der Waals surface area contributed by atoms with E-state index in [1.165, 1.54) is 19.3 Å². The zero-order valence-electron chi connectivity index (χ0n) is 9.32. The number of fused-ring (bicyclic) bond motifs is 2. The first-order chi connectivity index (χ1) is 6.65. The molecule has 2 saturated carbocycles. The third kappa shape index (κ3) is 1.49. The number of hydrogen-bond donors (Lipinski definition) is 2. The van der Waals surface area contributed by atoms with E-state index in [0.717, 1.165) is 12.3 Å². The van der Waals surface area contributed by atoms with Crippen molar-refractivity contribution < 1.29 is 5.11 Å². The lowest BCUT2D eigenvalue weighted by atomic mass is 9.77. The van der Waals surface area contributed by atoms with Crippen molar-refractivity contribution in [1.29, 1.82) is 0 Å². The Morgan fingerprint density at radius 2 is 2.00 bits per heavy atom. The summed E-state index contributed by atoms with van der Waals surface area (Å²) in [5, 5.41) is 10.2. The quantitative estimate of drug-likeness (QED) is 0.724. The average molecular weight is 197 g/mol. The lowest BCUT2D eigenvalue weighted by Gasteiger charge is -2.34. The van der Waals surface area contributed by atoms with E-state index in [-0.39, 0.29) is 12.1 Å². The van der Waals surface area contributed by atoms with Crippen LogP contribution in [0.25, 0.3) is 0 Å². The lowest BCUT2D eigenvalue weighted by Crippen LogP contribution is -2.44. The Kier molecular flexibility index (Phi) is 2.85. The molecule has 2 rings (SSSR count). The largest absolute Gasteiger partial charge is 0.392 e. The molecule has 0 heterocycles. The van der Waals surface area contributed by atoms with Crippen LogP contribution in [0.15, 0.2) is 0 Å². The number of rotatable bonds is 3. The molecule has 6 atom stereocenters. The summed E-state index contributed by atoms with van der Waals surface area (Å²) in [6.07, 6.45) is 4.78. The first kappa shape index (κ1) is 10.4. The summed E-state index contributed by atoms with van der Waals surface area (Å²) >= 11 is 0. The first-order valence-electron chi connectivity index (χ1n) is 6.08. The van der Waals surface area contributed by atoms with Gasteiger partial charge in [0.2, 0.25) is 0 Å². The summed E-state index contributed by atoms with van der Waals surface area (Å²) in [4.78, 5) is 0. The maximum atomic E-state index is 10.2. The van der Waals surface area contributed by atoms with E-state index in [0.29, 0.717) is 17.8 Å². The van der Waals surface area contributed by atoms with Gasteiger partial charge in [0.1, 0.15) is 0 Å². The van der Waals surface area contributed by atoms with Gasteiger partial charge in [-0.15, -0.1) is 0 Å². The van der Waals surface area contributed by atoms with Crippen LogP contribution in [-0.4, -0.2) is 17.3 Å². The van der Waals surface area contributed by atoms with Crippen LogP contribution in [0.3, 0.4) is 0 Å². The molecule has 0 aliphatic heterocycles. The van der Waals surface area contributed by atoms with Crippen LogP contribution in [0, 0.1) is 23.7 Å². The Morgan fingerprint density at radius 1 is 1.36 bits per heavy atom. The molecule has 0 amide bonds. The van der Waals surface area contributed by atoms with E-state index in [1.807, 2.05) is 0 Å². The van der Waals surface area contributed by atoms with E-state index in [9.17, 15) is 5.11 Å². The molecule has 14 heavy (non-hydrogen) atoms. The van der Waals surface area contributed by atoms with Crippen molar-refractivity contribution in [3.63, 3.8) is 0 Å². The summed E-state index contributed by atoms with van der Waals surface area (Å²) in [6.45, 7) is 4.29. The molecule has 2 fully saturated rings. The van der Waals surface area contributed by atoms with Gasteiger partial charge in [0.05, 0.1) is 6.10 Å². The van der Waals surface area contributed by atoms with Crippen LogP contribution >= 0.6 is 0 Å². The maximum absolute atomic E-state index is 10.2. The van der Waals surface area contributed by atoms with E-state index in [1.54, 1.807) is 0 Å². The minimum Gasteiger partial charge on any atom is -0.392 e. The molecule has 2 heteroatoms. The Bertz CT molecular complexity index is 204. The predicted octanol–water partition coefficient (Wildman–Crippen LogP) is 1.77. The van der Waals surface area contributed by atoms with Crippen LogP contribution in [-0.2, 0) is 0 Å².